The number of rotatable bonds is 10. The minimum Gasteiger partial charge on any atom is -0.369 e. The van der Waals surface area contributed by atoms with Crippen LogP contribution in [0, 0.1) is 0 Å². The average Bonchev–Trinajstić information content (AvgIpc) is 2.45. The molecule has 0 aromatic carbocycles. The van der Waals surface area contributed by atoms with Gasteiger partial charge in [-0.1, -0.05) is 18.5 Å². The summed E-state index contributed by atoms with van der Waals surface area (Å²) in [6, 6.07) is 1.43. The molecule has 21 heavy (non-hydrogen) atoms. The van der Waals surface area contributed by atoms with Gasteiger partial charge in [0.05, 0.1) is 5.02 Å². The van der Waals surface area contributed by atoms with Crippen molar-refractivity contribution < 1.29 is 8.42 Å². The molecule has 5 nitrogen and oxygen atoms in total. The third-order valence-corrected chi connectivity index (χ3v) is 5.15. The number of halogens is 1. The number of thioether (sulfide) groups is 1. The van der Waals surface area contributed by atoms with Crippen LogP contribution in [-0.4, -0.2) is 38.5 Å². The molecule has 0 aliphatic carbocycles. The molecule has 0 radical (unpaired) electrons. The van der Waals surface area contributed by atoms with Crippen LogP contribution in [-0.2, 0) is 10.0 Å². The molecule has 0 saturated carbocycles. The lowest BCUT2D eigenvalue weighted by Gasteiger charge is -2.09. The highest BCUT2D eigenvalue weighted by molar-refractivity contribution is 7.98. The summed E-state index contributed by atoms with van der Waals surface area (Å²) < 4.78 is 26.8. The molecular weight excluding hydrogens is 330 g/mol. The van der Waals surface area contributed by atoms with Crippen LogP contribution in [0.3, 0.4) is 0 Å². The second-order valence-corrected chi connectivity index (χ2v) is 7.69. The van der Waals surface area contributed by atoms with Gasteiger partial charge in [-0.05, 0) is 37.3 Å². The molecule has 0 bridgehead atoms. The Morgan fingerprint density at radius 3 is 2.71 bits per heavy atom. The van der Waals surface area contributed by atoms with Crippen molar-refractivity contribution in [2.24, 2.45) is 0 Å². The van der Waals surface area contributed by atoms with Crippen LogP contribution in [0.2, 0.25) is 5.02 Å². The van der Waals surface area contributed by atoms with Crippen molar-refractivity contribution in [3.05, 3.63) is 17.3 Å². The van der Waals surface area contributed by atoms with Crippen molar-refractivity contribution in [1.29, 1.82) is 0 Å². The number of pyridine rings is 1. The molecule has 0 saturated heterocycles. The minimum absolute atomic E-state index is 0.0967. The second kappa shape index (κ2) is 9.50. The summed E-state index contributed by atoms with van der Waals surface area (Å²) in [5.74, 6) is 1.55. The Balaban J connectivity index is 2.64. The third-order valence-electron chi connectivity index (χ3n) is 2.74. The maximum Gasteiger partial charge on any atom is 0.242 e. The zero-order valence-corrected chi connectivity index (χ0v) is 14.7. The first-order valence-corrected chi connectivity index (χ1v) is 10.1. The molecule has 120 valence electrons. The molecule has 0 fully saturated rings. The van der Waals surface area contributed by atoms with Crippen LogP contribution in [0.1, 0.15) is 26.2 Å². The Morgan fingerprint density at radius 1 is 1.33 bits per heavy atom. The number of hydrogen-bond donors (Lipinski definition) is 2. The molecular formula is C13H22ClN3O2S2. The number of hydrogen-bond acceptors (Lipinski definition) is 5. The fourth-order valence-electron chi connectivity index (χ4n) is 1.60. The van der Waals surface area contributed by atoms with E-state index in [4.69, 9.17) is 11.6 Å². The fourth-order valence-corrected chi connectivity index (χ4v) is 3.44. The standard InChI is InChI=1S/C13H22ClN3O2S2/c1-3-6-15-13-12(14)9-11(10-16-13)21(18,19)17-7-4-5-8-20-2/h9-10,17H,3-8H2,1-2H3,(H,15,16). The smallest absolute Gasteiger partial charge is 0.242 e. The molecule has 0 atom stereocenters. The van der Waals surface area contributed by atoms with E-state index < -0.39 is 10.0 Å². The fraction of sp³-hybridized carbons (Fsp3) is 0.615. The first-order valence-electron chi connectivity index (χ1n) is 6.89. The SMILES string of the molecule is CCCNc1ncc(S(=O)(=O)NCCCCSC)cc1Cl. The predicted octanol–water partition coefficient (Wildman–Crippen LogP) is 2.98. The van der Waals surface area contributed by atoms with Crippen molar-refractivity contribution in [2.45, 2.75) is 31.1 Å². The first kappa shape index (κ1) is 18.5. The van der Waals surface area contributed by atoms with Gasteiger partial charge in [0, 0.05) is 19.3 Å². The van der Waals surface area contributed by atoms with Crippen molar-refractivity contribution in [3.63, 3.8) is 0 Å². The highest BCUT2D eigenvalue weighted by Gasteiger charge is 2.15. The van der Waals surface area contributed by atoms with Crippen LogP contribution in [0.4, 0.5) is 5.82 Å². The number of aromatic nitrogens is 1. The lowest BCUT2D eigenvalue weighted by atomic mass is 10.3. The third kappa shape index (κ3) is 6.42. The monoisotopic (exact) mass is 351 g/mol. The predicted molar refractivity (Wildman–Crippen MR) is 90.8 cm³/mol. The molecule has 2 N–H and O–H groups in total. The van der Waals surface area contributed by atoms with E-state index in [9.17, 15) is 8.42 Å². The van der Waals surface area contributed by atoms with Gasteiger partial charge in [-0.3, -0.25) is 0 Å². The van der Waals surface area contributed by atoms with Gasteiger partial charge in [0.15, 0.2) is 0 Å². The van der Waals surface area contributed by atoms with Crippen LogP contribution in [0.25, 0.3) is 0 Å². The summed E-state index contributed by atoms with van der Waals surface area (Å²) in [7, 11) is -3.54. The molecule has 1 heterocycles. The molecule has 0 aliphatic rings. The van der Waals surface area contributed by atoms with Crippen LogP contribution < -0.4 is 10.0 Å². The number of anilines is 1. The van der Waals surface area contributed by atoms with Crippen LogP contribution in [0.5, 0.6) is 0 Å². The highest BCUT2D eigenvalue weighted by atomic mass is 35.5. The van der Waals surface area contributed by atoms with E-state index in [1.54, 1.807) is 11.8 Å². The zero-order valence-electron chi connectivity index (χ0n) is 12.4. The lowest BCUT2D eigenvalue weighted by molar-refractivity contribution is 0.578. The quantitative estimate of drug-likeness (QED) is 0.634. The number of nitrogens with zero attached hydrogens (tertiary/aromatic N) is 1. The molecule has 0 spiro atoms. The summed E-state index contributed by atoms with van der Waals surface area (Å²) >= 11 is 7.81. The number of nitrogens with one attached hydrogen (secondary N) is 2. The van der Waals surface area contributed by atoms with E-state index >= 15 is 0 Å². The van der Waals surface area contributed by atoms with Gasteiger partial charge in [-0.15, -0.1) is 0 Å². The van der Waals surface area contributed by atoms with Crippen LogP contribution in [0.15, 0.2) is 17.2 Å². The topological polar surface area (TPSA) is 71.1 Å². The summed E-state index contributed by atoms with van der Waals surface area (Å²) in [6.07, 6.45) is 6.11. The Kier molecular flexibility index (Phi) is 8.39. The van der Waals surface area contributed by atoms with E-state index in [0.717, 1.165) is 31.6 Å². The summed E-state index contributed by atoms with van der Waals surface area (Å²) in [5.41, 5.74) is 0. The van der Waals surface area contributed by atoms with Gasteiger partial charge in [-0.25, -0.2) is 18.1 Å². The zero-order chi connectivity index (χ0) is 15.7. The van der Waals surface area contributed by atoms with Gasteiger partial charge in [-0.2, -0.15) is 11.8 Å². The summed E-state index contributed by atoms with van der Waals surface area (Å²) in [4.78, 5) is 4.17. The maximum atomic E-state index is 12.1. The molecule has 8 heteroatoms. The Hall–Kier alpha value is -0.500. The summed E-state index contributed by atoms with van der Waals surface area (Å²) in [5, 5.41) is 3.36. The minimum atomic E-state index is -3.54. The molecule has 1 aromatic rings. The van der Waals surface area contributed by atoms with Crippen molar-refractivity contribution in [1.82, 2.24) is 9.71 Å². The van der Waals surface area contributed by atoms with Crippen molar-refractivity contribution >= 4 is 39.2 Å². The maximum absolute atomic E-state index is 12.1. The van der Waals surface area contributed by atoms with Gasteiger partial charge in [0.25, 0.3) is 0 Å². The Morgan fingerprint density at radius 2 is 2.10 bits per heavy atom. The van der Waals surface area contributed by atoms with Gasteiger partial charge < -0.3 is 5.32 Å². The van der Waals surface area contributed by atoms with E-state index in [0.29, 0.717) is 17.4 Å². The highest BCUT2D eigenvalue weighted by Crippen LogP contribution is 2.22. The van der Waals surface area contributed by atoms with Gasteiger partial charge in [0.1, 0.15) is 10.7 Å². The van der Waals surface area contributed by atoms with Gasteiger partial charge >= 0.3 is 0 Å². The first-order chi connectivity index (χ1) is 10.0. The Labute approximate surface area is 136 Å². The van der Waals surface area contributed by atoms with E-state index in [1.807, 2.05) is 13.2 Å². The second-order valence-electron chi connectivity index (χ2n) is 4.53. The molecule has 1 aromatic heterocycles. The van der Waals surface area contributed by atoms with Crippen molar-refractivity contribution in [3.8, 4) is 0 Å². The normalized spacial score (nSPS) is 11.6. The lowest BCUT2D eigenvalue weighted by Crippen LogP contribution is -2.25. The number of sulfonamides is 1. The van der Waals surface area contributed by atoms with E-state index in [-0.39, 0.29) is 4.90 Å². The molecule has 0 unspecified atom stereocenters. The molecule has 0 aliphatic heterocycles. The summed E-state index contributed by atoms with van der Waals surface area (Å²) in [6.45, 7) is 3.20. The van der Waals surface area contributed by atoms with Crippen molar-refractivity contribution in [2.75, 3.05) is 30.4 Å². The van der Waals surface area contributed by atoms with E-state index in [2.05, 4.69) is 15.0 Å². The van der Waals surface area contributed by atoms with E-state index in [1.165, 1.54) is 12.3 Å². The number of unbranched alkanes of at least 4 members (excludes halogenated alkanes) is 1. The van der Waals surface area contributed by atoms with Gasteiger partial charge in [0.2, 0.25) is 10.0 Å². The van der Waals surface area contributed by atoms with Crippen LogP contribution >= 0.6 is 23.4 Å². The molecule has 1 rings (SSSR count). The molecule has 0 amide bonds. The average molecular weight is 352 g/mol. The Bertz CT molecular complexity index is 538. The largest absolute Gasteiger partial charge is 0.369 e.